The summed E-state index contributed by atoms with van der Waals surface area (Å²) in [6.45, 7) is 0.529. The van der Waals surface area contributed by atoms with Gasteiger partial charge in [0.15, 0.2) is 0 Å². The molecule has 1 saturated heterocycles. The van der Waals surface area contributed by atoms with Crippen molar-refractivity contribution in [1.82, 2.24) is 4.31 Å². The highest BCUT2D eigenvalue weighted by Crippen LogP contribution is 2.38. The van der Waals surface area contributed by atoms with Gasteiger partial charge in [-0.2, -0.15) is 4.31 Å². The lowest BCUT2D eigenvalue weighted by Gasteiger charge is -2.30. The van der Waals surface area contributed by atoms with Crippen molar-refractivity contribution in [3.63, 3.8) is 0 Å². The Morgan fingerprint density at radius 1 is 1.12 bits per heavy atom. The second-order valence-electron chi connectivity index (χ2n) is 7.99. The van der Waals surface area contributed by atoms with Gasteiger partial charge >= 0.3 is 5.97 Å². The quantitative estimate of drug-likeness (QED) is 0.464. The Hall–Kier alpha value is -1.46. The predicted molar refractivity (Wildman–Crippen MR) is 126 cm³/mol. The Balaban J connectivity index is 1.45. The molecule has 2 aliphatic rings. The highest BCUT2D eigenvalue weighted by molar-refractivity contribution is 7.91. The third-order valence-corrected chi connectivity index (χ3v) is 10.8. The van der Waals surface area contributed by atoms with E-state index >= 15 is 0 Å². The summed E-state index contributed by atoms with van der Waals surface area (Å²) in [4.78, 5) is 26.6. The topological polar surface area (TPSA) is 92.8 Å². The fourth-order valence-electron chi connectivity index (χ4n) is 4.28. The minimum atomic E-state index is -3.60. The Bertz CT molecular complexity index is 1120. The van der Waals surface area contributed by atoms with Gasteiger partial charge in [-0.1, -0.05) is 18.0 Å². The van der Waals surface area contributed by atoms with Gasteiger partial charge in [0.2, 0.25) is 5.91 Å². The van der Waals surface area contributed by atoms with Crippen molar-refractivity contribution in [3.05, 3.63) is 32.5 Å². The summed E-state index contributed by atoms with van der Waals surface area (Å²) in [7, 11) is -2.25. The lowest BCUT2D eigenvalue weighted by atomic mass is 9.97. The third-order valence-electron chi connectivity index (χ3n) is 6.01. The summed E-state index contributed by atoms with van der Waals surface area (Å²) in [6, 6.07) is 3.08. The van der Waals surface area contributed by atoms with Crippen LogP contribution in [-0.4, -0.2) is 44.8 Å². The highest BCUT2D eigenvalue weighted by atomic mass is 35.5. The van der Waals surface area contributed by atoms with E-state index < -0.39 is 16.0 Å². The monoisotopic (exact) mass is 516 g/mol. The number of carbonyl (C=O) groups is 2. The summed E-state index contributed by atoms with van der Waals surface area (Å²) in [6.07, 6.45) is 5.78. The summed E-state index contributed by atoms with van der Waals surface area (Å²) >= 11 is 8.39. The summed E-state index contributed by atoms with van der Waals surface area (Å²) in [5, 5.41) is 3.51. The number of nitrogens with zero attached hydrogens (tertiary/aromatic N) is 1. The first-order chi connectivity index (χ1) is 15.3. The van der Waals surface area contributed by atoms with Crippen molar-refractivity contribution in [3.8, 4) is 0 Å². The Labute approximate surface area is 200 Å². The molecule has 2 aromatic rings. The molecule has 0 bridgehead atoms. The molecular weight excluding hydrogens is 492 g/mol. The maximum Gasteiger partial charge on any atom is 0.341 e. The molecule has 11 heteroatoms. The van der Waals surface area contributed by atoms with Gasteiger partial charge in [0.25, 0.3) is 10.0 Å². The van der Waals surface area contributed by atoms with Gasteiger partial charge in [-0.05, 0) is 56.2 Å². The number of aryl methyl sites for hydroxylation is 1. The van der Waals surface area contributed by atoms with Crippen LogP contribution in [0.15, 0.2) is 16.3 Å². The first-order valence-electron chi connectivity index (χ1n) is 10.6. The molecule has 0 atom stereocenters. The van der Waals surface area contributed by atoms with E-state index in [-0.39, 0.29) is 29.1 Å². The van der Waals surface area contributed by atoms with Crippen LogP contribution in [0.3, 0.4) is 0 Å². The van der Waals surface area contributed by atoms with Gasteiger partial charge in [-0.3, -0.25) is 4.79 Å². The summed E-state index contributed by atoms with van der Waals surface area (Å²) in [5.74, 6) is -0.918. The number of ether oxygens (including phenoxy) is 1. The van der Waals surface area contributed by atoms with Crippen molar-refractivity contribution in [2.75, 3.05) is 25.5 Å². The fourth-order valence-corrected chi connectivity index (χ4v) is 8.67. The van der Waals surface area contributed by atoms with Crippen molar-refractivity contribution < 1.29 is 22.7 Å². The molecule has 0 aromatic carbocycles. The van der Waals surface area contributed by atoms with Gasteiger partial charge < -0.3 is 10.1 Å². The molecule has 1 aliphatic heterocycles. The molecule has 0 radical (unpaired) electrons. The number of hydrogen-bond acceptors (Lipinski definition) is 7. The lowest BCUT2D eigenvalue weighted by Crippen LogP contribution is -2.41. The van der Waals surface area contributed by atoms with Crippen molar-refractivity contribution in [1.29, 1.82) is 0 Å². The van der Waals surface area contributed by atoms with Gasteiger partial charge in [-0.25, -0.2) is 13.2 Å². The molecule has 4 rings (SSSR count). The number of thiophene rings is 2. The highest BCUT2D eigenvalue weighted by Gasteiger charge is 2.34. The normalized spacial score (nSPS) is 18.1. The largest absolute Gasteiger partial charge is 0.465 e. The standard InChI is InChI=1S/C21H25ClN2O5S3/c1-29-21(26)18-14-5-3-2-4-6-15(14)30-20(18)23-19(25)13-9-11-24(12-10-13)32(27,28)17-8-7-16(22)31-17/h7-8,13H,2-6,9-12H2,1H3,(H,23,25). The maximum atomic E-state index is 13.0. The fraction of sp³-hybridized carbons (Fsp3) is 0.524. The van der Waals surface area contributed by atoms with Crippen molar-refractivity contribution >= 4 is 61.2 Å². The van der Waals surface area contributed by atoms with E-state index in [4.69, 9.17) is 16.3 Å². The number of nitrogens with one attached hydrogen (secondary N) is 1. The number of sulfonamides is 1. The Kier molecular flexibility index (Phi) is 7.26. The van der Waals surface area contributed by atoms with E-state index in [1.807, 2.05) is 0 Å². The number of methoxy groups -OCH3 is 1. The molecule has 1 N–H and O–H groups in total. The molecule has 7 nitrogen and oxygen atoms in total. The average Bonchev–Trinajstić information content (AvgIpc) is 3.29. The molecule has 0 unspecified atom stereocenters. The van der Waals surface area contributed by atoms with E-state index in [1.54, 1.807) is 6.07 Å². The second kappa shape index (κ2) is 9.80. The first kappa shape index (κ1) is 23.7. The molecule has 174 valence electrons. The van der Waals surface area contributed by atoms with Crippen molar-refractivity contribution in [2.45, 2.75) is 49.2 Å². The Morgan fingerprint density at radius 2 is 1.84 bits per heavy atom. The van der Waals surface area contributed by atoms with Crippen LogP contribution in [0.4, 0.5) is 5.00 Å². The van der Waals surface area contributed by atoms with Crippen LogP contribution in [0.2, 0.25) is 4.34 Å². The Morgan fingerprint density at radius 3 is 2.50 bits per heavy atom. The molecule has 1 fully saturated rings. The number of rotatable bonds is 5. The zero-order chi connectivity index (χ0) is 22.9. The van der Waals surface area contributed by atoms with Gasteiger partial charge in [-0.15, -0.1) is 22.7 Å². The number of hydrogen-bond donors (Lipinski definition) is 1. The third kappa shape index (κ3) is 4.75. The average molecular weight is 517 g/mol. The molecule has 1 aliphatic carbocycles. The van der Waals surface area contributed by atoms with Crippen LogP contribution in [0, 0.1) is 5.92 Å². The molecule has 3 heterocycles. The number of carbonyl (C=O) groups excluding carboxylic acids is 2. The number of fused-ring (bicyclic) bond motifs is 1. The molecular formula is C21H25ClN2O5S3. The SMILES string of the molecule is COC(=O)c1c(NC(=O)C2CCN(S(=O)(=O)c3ccc(Cl)s3)CC2)sc2c1CCCCC2. The molecule has 1 amide bonds. The molecule has 0 spiro atoms. The molecule has 32 heavy (non-hydrogen) atoms. The van der Waals surface area contributed by atoms with E-state index in [2.05, 4.69) is 5.32 Å². The number of halogens is 1. The van der Waals surface area contributed by atoms with Crippen LogP contribution >= 0.6 is 34.3 Å². The van der Waals surface area contributed by atoms with Crippen LogP contribution < -0.4 is 5.32 Å². The van der Waals surface area contributed by atoms with E-state index in [0.29, 0.717) is 27.7 Å². The van der Waals surface area contributed by atoms with Gasteiger partial charge in [0, 0.05) is 23.9 Å². The smallest absolute Gasteiger partial charge is 0.341 e. The maximum absolute atomic E-state index is 13.0. The number of piperidine rings is 1. The minimum absolute atomic E-state index is 0.178. The van der Waals surface area contributed by atoms with Crippen LogP contribution in [0.25, 0.3) is 0 Å². The second-order valence-corrected chi connectivity index (χ2v) is 13.0. The van der Waals surface area contributed by atoms with Crippen LogP contribution in [0.5, 0.6) is 0 Å². The zero-order valence-corrected chi connectivity index (χ0v) is 20.9. The first-order valence-corrected chi connectivity index (χ1v) is 14.1. The lowest BCUT2D eigenvalue weighted by molar-refractivity contribution is -0.120. The van der Waals surface area contributed by atoms with Gasteiger partial charge in [0.05, 0.1) is 17.0 Å². The summed E-state index contributed by atoms with van der Waals surface area (Å²) < 4.78 is 32.6. The summed E-state index contributed by atoms with van der Waals surface area (Å²) in [5.41, 5.74) is 1.49. The number of esters is 1. The van der Waals surface area contributed by atoms with E-state index in [0.717, 1.165) is 53.9 Å². The van der Waals surface area contributed by atoms with Crippen LogP contribution in [0.1, 0.15) is 52.9 Å². The zero-order valence-electron chi connectivity index (χ0n) is 17.7. The van der Waals surface area contributed by atoms with E-state index in [9.17, 15) is 18.0 Å². The number of amides is 1. The van der Waals surface area contributed by atoms with E-state index in [1.165, 1.54) is 28.8 Å². The molecule has 2 aromatic heterocycles. The van der Waals surface area contributed by atoms with Crippen LogP contribution in [-0.2, 0) is 32.4 Å². The van der Waals surface area contributed by atoms with Crippen molar-refractivity contribution in [2.24, 2.45) is 5.92 Å². The molecule has 0 saturated carbocycles. The predicted octanol–water partition coefficient (Wildman–Crippen LogP) is 4.56. The van der Waals surface area contributed by atoms with Gasteiger partial charge in [0.1, 0.15) is 9.21 Å². The minimum Gasteiger partial charge on any atom is -0.465 e. The number of anilines is 1.